The monoisotopic (exact) mass is 660 g/mol. The second-order valence-corrected chi connectivity index (χ2v) is 11.8. The zero-order chi connectivity index (χ0) is 28.7. The number of piperidine rings is 1. The summed E-state index contributed by atoms with van der Waals surface area (Å²) in [4.78, 5) is 45.5. The number of aliphatic imine (C=N–C) groups is 1. The second kappa shape index (κ2) is 13.7. The van der Waals surface area contributed by atoms with E-state index >= 15 is 0 Å². The minimum Gasteiger partial charge on any atom is -0.476 e. The van der Waals surface area contributed by atoms with Crippen LogP contribution in [-0.2, 0) is 36.9 Å². The van der Waals surface area contributed by atoms with Gasteiger partial charge < -0.3 is 30.2 Å². The van der Waals surface area contributed by atoms with Crippen molar-refractivity contribution < 1.29 is 23.9 Å². The third-order valence-corrected chi connectivity index (χ3v) is 7.97. The van der Waals surface area contributed by atoms with Gasteiger partial charge in [-0.15, -0.1) is 0 Å². The lowest BCUT2D eigenvalue weighted by Crippen LogP contribution is -2.60. The van der Waals surface area contributed by atoms with Crippen LogP contribution >= 0.6 is 22.6 Å². The fourth-order valence-corrected chi connectivity index (χ4v) is 5.65. The van der Waals surface area contributed by atoms with Gasteiger partial charge in [-0.1, -0.05) is 42.5 Å². The van der Waals surface area contributed by atoms with Gasteiger partial charge in [-0.2, -0.15) is 0 Å². The van der Waals surface area contributed by atoms with Crippen LogP contribution in [0.15, 0.2) is 59.6 Å². The number of benzene rings is 2. The number of nitrogens with zero attached hydrogens (tertiary/aromatic N) is 2. The Hall–Kier alpha value is -2.83. The molecule has 2 aromatic carbocycles. The number of aldehydes is 1. The van der Waals surface area contributed by atoms with Crippen molar-refractivity contribution in [3.05, 3.63) is 69.3 Å². The Morgan fingerprint density at radius 3 is 2.65 bits per heavy atom. The molecule has 5 atom stereocenters. The first kappa shape index (κ1) is 30.1. The summed E-state index contributed by atoms with van der Waals surface area (Å²) < 4.78 is 13.2. The van der Waals surface area contributed by atoms with E-state index in [1.54, 1.807) is 18.7 Å². The molecule has 4 rings (SSSR count). The Kier molecular flexibility index (Phi) is 10.3. The van der Waals surface area contributed by atoms with E-state index in [0.717, 1.165) is 33.8 Å². The Morgan fingerprint density at radius 2 is 1.95 bits per heavy atom. The Bertz CT molecular complexity index is 1220. The predicted octanol–water partition coefficient (Wildman–Crippen LogP) is 3.02. The van der Waals surface area contributed by atoms with Crippen molar-refractivity contribution in [1.82, 2.24) is 10.2 Å². The third kappa shape index (κ3) is 7.46. The quantitative estimate of drug-likeness (QED) is 0.282. The van der Waals surface area contributed by atoms with Gasteiger partial charge in [0.15, 0.2) is 11.8 Å². The van der Waals surface area contributed by atoms with Crippen molar-refractivity contribution in [2.24, 2.45) is 10.7 Å². The molecular formula is C30H37IN4O5. The van der Waals surface area contributed by atoms with E-state index in [-0.39, 0.29) is 12.5 Å². The number of hydrogen-bond donors (Lipinski definition) is 2. The number of nitrogens with one attached hydrogen (secondary N) is 1. The van der Waals surface area contributed by atoms with Crippen LogP contribution in [0.2, 0.25) is 0 Å². The molecule has 0 bridgehead atoms. The minimum absolute atomic E-state index is 0.122. The summed E-state index contributed by atoms with van der Waals surface area (Å²) in [5.74, 6) is -0.332. The Morgan fingerprint density at radius 1 is 1.20 bits per heavy atom. The van der Waals surface area contributed by atoms with Crippen LogP contribution in [0.1, 0.15) is 44.2 Å². The summed E-state index contributed by atoms with van der Waals surface area (Å²) in [5, 5.41) is 2.81. The third-order valence-electron chi connectivity index (χ3n) is 7.29. The van der Waals surface area contributed by atoms with Crippen molar-refractivity contribution in [3.8, 4) is 0 Å². The molecule has 2 heterocycles. The molecule has 40 heavy (non-hydrogen) atoms. The molecule has 9 nitrogen and oxygen atoms in total. The number of nitrogens with two attached hydrogens (primary N) is 1. The summed E-state index contributed by atoms with van der Waals surface area (Å²) in [6.07, 6.45) is 2.98. The van der Waals surface area contributed by atoms with Gasteiger partial charge in [-0.05, 0) is 79.0 Å². The number of ether oxygens (including phenoxy) is 2. The number of rotatable bonds is 11. The first-order valence-corrected chi connectivity index (χ1v) is 14.7. The van der Waals surface area contributed by atoms with E-state index in [1.807, 2.05) is 54.6 Å². The van der Waals surface area contributed by atoms with Crippen molar-refractivity contribution >= 4 is 46.6 Å². The van der Waals surface area contributed by atoms with Crippen molar-refractivity contribution in [2.75, 3.05) is 13.2 Å². The van der Waals surface area contributed by atoms with Gasteiger partial charge in [0.2, 0.25) is 17.7 Å². The van der Waals surface area contributed by atoms with Crippen LogP contribution < -0.4 is 11.1 Å². The topological polar surface area (TPSA) is 123 Å². The summed E-state index contributed by atoms with van der Waals surface area (Å²) in [6.45, 7) is 4.24. The summed E-state index contributed by atoms with van der Waals surface area (Å²) in [6, 6.07) is 15.4. The number of carbonyl (C=O) groups is 3. The normalized spacial score (nSPS) is 22.9. The Labute approximate surface area is 249 Å². The van der Waals surface area contributed by atoms with Crippen LogP contribution in [-0.4, -0.2) is 71.8 Å². The first-order chi connectivity index (χ1) is 19.2. The SMILES string of the molecule is CC(N)C(=O)NC(C(=O)N1CCCCC1C1=N[C@](C=O)(Cc2cccc(I)c2)CO1)C(C)OCc1ccccc1. The van der Waals surface area contributed by atoms with E-state index in [2.05, 4.69) is 27.9 Å². The van der Waals surface area contributed by atoms with Gasteiger partial charge in [-0.25, -0.2) is 4.99 Å². The average Bonchev–Trinajstić information content (AvgIpc) is 3.38. The van der Waals surface area contributed by atoms with Crippen molar-refractivity contribution in [3.63, 3.8) is 0 Å². The second-order valence-electron chi connectivity index (χ2n) is 10.6. The van der Waals surface area contributed by atoms with Crippen LogP contribution in [0.5, 0.6) is 0 Å². The molecule has 2 amide bonds. The fraction of sp³-hybridized carbons (Fsp3) is 0.467. The van der Waals surface area contributed by atoms with Crippen molar-refractivity contribution in [1.29, 1.82) is 0 Å². The van der Waals surface area contributed by atoms with E-state index in [1.165, 1.54) is 0 Å². The van der Waals surface area contributed by atoms with E-state index < -0.39 is 35.7 Å². The van der Waals surface area contributed by atoms with Crippen LogP contribution in [0, 0.1) is 3.57 Å². The molecule has 4 unspecified atom stereocenters. The Balaban J connectivity index is 1.55. The van der Waals surface area contributed by atoms with Gasteiger partial charge in [-0.3, -0.25) is 9.59 Å². The highest BCUT2D eigenvalue weighted by Gasteiger charge is 2.44. The molecular weight excluding hydrogens is 623 g/mol. The lowest BCUT2D eigenvalue weighted by Gasteiger charge is -2.38. The number of hydrogen-bond acceptors (Lipinski definition) is 7. The van der Waals surface area contributed by atoms with Crippen LogP contribution in [0.3, 0.4) is 0 Å². The molecule has 0 radical (unpaired) electrons. The van der Waals surface area contributed by atoms with Crippen LogP contribution in [0.4, 0.5) is 0 Å². The van der Waals surface area contributed by atoms with Gasteiger partial charge in [0.1, 0.15) is 18.7 Å². The molecule has 214 valence electrons. The lowest BCUT2D eigenvalue weighted by atomic mass is 9.94. The molecule has 0 aliphatic carbocycles. The number of likely N-dealkylation sites (tertiary alicyclic amines) is 1. The van der Waals surface area contributed by atoms with Crippen molar-refractivity contribution in [2.45, 2.75) is 75.9 Å². The van der Waals surface area contributed by atoms with Crippen LogP contribution in [0.25, 0.3) is 0 Å². The predicted molar refractivity (Wildman–Crippen MR) is 161 cm³/mol. The highest BCUT2D eigenvalue weighted by molar-refractivity contribution is 14.1. The maximum atomic E-state index is 14.0. The summed E-state index contributed by atoms with van der Waals surface area (Å²) in [7, 11) is 0. The molecule has 2 aliphatic heterocycles. The summed E-state index contributed by atoms with van der Waals surface area (Å²) >= 11 is 2.24. The molecule has 2 aliphatic rings. The van der Waals surface area contributed by atoms with E-state index in [0.29, 0.717) is 31.9 Å². The number of amides is 2. The molecule has 3 N–H and O–H groups in total. The largest absolute Gasteiger partial charge is 0.476 e. The maximum absolute atomic E-state index is 14.0. The smallest absolute Gasteiger partial charge is 0.248 e. The van der Waals surface area contributed by atoms with Gasteiger partial charge >= 0.3 is 0 Å². The van der Waals surface area contributed by atoms with Gasteiger partial charge in [0.25, 0.3) is 0 Å². The van der Waals surface area contributed by atoms with Gasteiger partial charge in [0, 0.05) is 16.5 Å². The molecule has 10 heteroatoms. The van der Waals surface area contributed by atoms with Gasteiger partial charge in [0.05, 0.1) is 18.8 Å². The highest BCUT2D eigenvalue weighted by atomic mass is 127. The molecule has 2 aromatic rings. The zero-order valence-corrected chi connectivity index (χ0v) is 25.1. The molecule has 0 spiro atoms. The number of carbonyl (C=O) groups excluding carboxylic acids is 3. The first-order valence-electron chi connectivity index (χ1n) is 13.7. The molecule has 1 fully saturated rings. The minimum atomic E-state index is -1.04. The zero-order valence-electron chi connectivity index (χ0n) is 22.9. The fourth-order valence-electron chi connectivity index (χ4n) is 5.04. The maximum Gasteiger partial charge on any atom is 0.248 e. The standard InChI is InChI=1S/C30H37IN4O5/c1-20(32)27(37)33-26(21(2)39-17-22-9-4-3-5-10-22)29(38)35-14-7-6-13-25(35)28-34-30(18-36,19-40-28)16-23-11-8-12-24(31)15-23/h3-5,8-12,15,18,20-21,25-26H,6-7,13-14,16-17,19,32H2,1-2H3,(H,33,37)/t20?,21?,25?,26?,30-/m0/s1. The average molecular weight is 661 g/mol. The number of halogens is 1. The van der Waals surface area contributed by atoms with E-state index in [9.17, 15) is 14.4 Å². The molecule has 0 aromatic heterocycles. The van der Waals surface area contributed by atoms with E-state index in [4.69, 9.17) is 20.2 Å². The lowest BCUT2D eigenvalue weighted by molar-refractivity contribution is -0.143. The molecule has 0 saturated carbocycles. The summed E-state index contributed by atoms with van der Waals surface area (Å²) in [5.41, 5.74) is 6.73. The molecule has 1 saturated heterocycles. The highest BCUT2D eigenvalue weighted by Crippen LogP contribution is 2.29.